The zero-order chi connectivity index (χ0) is 40.7. The molecular formula is C58H39N3. The van der Waals surface area contributed by atoms with Gasteiger partial charge >= 0.3 is 0 Å². The molecule has 0 atom stereocenters. The molecule has 11 aromatic rings. The van der Waals surface area contributed by atoms with Gasteiger partial charge in [-0.15, -0.1) is 0 Å². The Morgan fingerprint density at radius 1 is 0.377 bits per heavy atom. The number of hydrogen-bond acceptors (Lipinski definition) is 3. The van der Waals surface area contributed by atoms with Crippen LogP contribution in [0.5, 0.6) is 0 Å². The van der Waals surface area contributed by atoms with E-state index in [1.165, 1.54) is 49.5 Å². The van der Waals surface area contributed by atoms with Gasteiger partial charge in [0.25, 0.3) is 0 Å². The van der Waals surface area contributed by atoms with Crippen molar-refractivity contribution in [1.29, 1.82) is 0 Å². The molecule has 61 heavy (non-hydrogen) atoms. The summed E-state index contributed by atoms with van der Waals surface area (Å²) in [4.78, 5) is 16.1. The summed E-state index contributed by atoms with van der Waals surface area (Å²) < 4.78 is 0. The van der Waals surface area contributed by atoms with Crippen LogP contribution in [0.25, 0.3) is 111 Å². The quantitative estimate of drug-likeness (QED) is 0.129. The molecule has 0 unspecified atom stereocenters. The summed E-state index contributed by atoms with van der Waals surface area (Å²) in [5.41, 5.74) is 15.5. The Morgan fingerprint density at radius 2 is 0.869 bits per heavy atom. The fourth-order valence-electron chi connectivity index (χ4n) is 10.1. The third-order valence-electron chi connectivity index (χ3n) is 12.8. The number of fused-ring (bicyclic) bond motifs is 8. The van der Waals surface area contributed by atoms with E-state index in [9.17, 15) is 0 Å². The number of aromatic nitrogens is 3. The minimum absolute atomic E-state index is 0.236. The van der Waals surface area contributed by atoms with Crippen LogP contribution in [0, 0.1) is 0 Å². The van der Waals surface area contributed by atoms with E-state index in [0.717, 1.165) is 66.4 Å². The van der Waals surface area contributed by atoms with Crippen LogP contribution in [0.3, 0.4) is 0 Å². The molecule has 0 amide bonds. The number of hydrogen-bond donors (Lipinski definition) is 0. The molecule has 0 fully saturated rings. The molecular weight excluding hydrogens is 739 g/mol. The van der Waals surface area contributed by atoms with Gasteiger partial charge in [0.05, 0.1) is 22.6 Å². The third kappa shape index (κ3) is 5.47. The fourth-order valence-corrected chi connectivity index (χ4v) is 10.1. The zero-order valence-corrected chi connectivity index (χ0v) is 33.9. The number of pyridine rings is 1. The van der Waals surface area contributed by atoms with Crippen LogP contribution in [-0.2, 0) is 5.41 Å². The van der Waals surface area contributed by atoms with E-state index in [1.807, 2.05) is 12.1 Å². The second-order valence-electron chi connectivity index (χ2n) is 16.7. The van der Waals surface area contributed by atoms with Gasteiger partial charge in [0.1, 0.15) is 0 Å². The first-order chi connectivity index (χ1) is 30.0. The lowest BCUT2D eigenvalue weighted by Gasteiger charge is -2.26. The molecule has 0 N–H and O–H groups in total. The van der Waals surface area contributed by atoms with E-state index in [1.54, 1.807) is 0 Å². The lowest BCUT2D eigenvalue weighted by atomic mass is 9.77. The highest BCUT2D eigenvalue weighted by atomic mass is 14.9. The predicted molar refractivity (Wildman–Crippen MR) is 255 cm³/mol. The Bertz CT molecular complexity index is 3420. The summed E-state index contributed by atoms with van der Waals surface area (Å²) in [7, 11) is 0. The van der Waals surface area contributed by atoms with Crippen molar-refractivity contribution < 1.29 is 0 Å². The Kier molecular flexibility index (Phi) is 7.88. The lowest BCUT2D eigenvalue weighted by Crippen LogP contribution is -2.16. The molecule has 0 aliphatic heterocycles. The first kappa shape index (κ1) is 35.2. The average Bonchev–Trinajstić information content (AvgIpc) is 3.55. The normalized spacial score (nSPS) is 12.9. The van der Waals surface area contributed by atoms with Crippen molar-refractivity contribution >= 4 is 43.2 Å². The van der Waals surface area contributed by atoms with Gasteiger partial charge in [-0.1, -0.05) is 202 Å². The molecule has 1 aliphatic carbocycles. The fraction of sp³-hybridized carbons (Fsp3) is 0.0517. The smallest absolute Gasteiger partial charge is 0.161 e. The van der Waals surface area contributed by atoms with E-state index in [4.69, 9.17) is 15.0 Å². The Labute approximate surface area is 354 Å². The topological polar surface area (TPSA) is 38.7 Å². The standard InChI is InChI=1S/C58H39N3/c1-58(2)47-28-16-15-27-46(47)56-55(58)52(54-41-22-10-9-17-36(41)33-34-48(54)59-56)40-31-29-39(30-32-40)51-42-23-11-13-25-44(42)53(45-26-14-12-24-43(45)51)57-60-49(37-18-5-3-6-19-37)35-50(61-57)38-20-7-4-8-21-38/h3-35H,1-2H3. The molecule has 0 radical (unpaired) electrons. The highest BCUT2D eigenvalue weighted by Gasteiger charge is 2.39. The monoisotopic (exact) mass is 777 g/mol. The SMILES string of the molecule is CC1(C)c2ccccc2-c2nc3ccc4ccccc4c3c(-c3ccc(-c4c5ccccc5c(-c5nc(-c6ccccc6)cc(-c6ccccc6)n5)c5ccccc45)cc3)c21. The van der Waals surface area contributed by atoms with Gasteiger partial charge in [-0.25, -0.2) is 15.0 Å². The van der Waals surface area contributed by atoms with Gasteiger partial charge in [-0.05, 0) is 77.8 Å². The third-order valence-corrected chi connectivity index (χ3v) is 12.8. The Balaban J connectivity index is 1.09. The van der Waals surface area contributed by atoms with Crippen molar-refractivity contribution in [2.24, 2.45) is 0 Å². The highest BCUT2D eigenvalue weighted by Crippen LogP contribution is 2.54. The Morgan fingerprint density at radius 3 is 1.48 bits per heavy atom. The van der Waals surface area contributed by atoms with Gasteiger partial charge in [0.2, 0.25) is 0 Å². The minimum atomic E-state index is -0.236. The highest BCUT2D eigenvalue weighted by molar-refractivity contribution is 6.21. The van der Waals surface area contributed by atoms with Crippen molar-refractivity contribution in [3.8, 4) is 67.4 Å². The second kappa shape index (κ2) is 13.7. The zero-order valence-electron chi connectivity index (χ0n) is 33.9. The van der Waals surface area contributed by atoms with Crippen LogP contribution in [-0.4, -0.2) is 15.0 Å². The van der Waals surface area contributed by atoms with Crippen LogP contribution < -0.4 is 0 Å². The van der Waals surface area contributed by atoms with E-state index in [-0.39, 0.29) is 5.41 Å². The summed E-state index contributed by atoms with van der Waals surface area (Å²) in [6.07, 6.45) is 0. The van der Waals surface area contributed by atoms with E-state index in [0.29, 0.717) is 5.82 Å². The van der Waals surface area contributed by atoms with E-state index >= 15 is 0 Å². The van der Waals surface area contributed by atoms with Crippen LogP contribution in [0.1, 0.15) is 25.0 Å². The van der Waals surface area contributed by atoms with Gasteiger partial charge in [0, 0.05) is 33.1 Å². The maximum atomic E-state index is 5.43. The average molecular weight is 778 g/mol. The molecule has 0 saturated carbocycles. The van der Waals surface area contributed by atoms with Crippen molar-refractivity contribution in [3.05, 3.63) is 211 Å². The predicted octanol–water partition coefficient (Wildman–Crippen LogP) is 15.1. The molecule has 3 nitrogen and oxygen atoms in total. The second-order valence-corrected chi connectivity index (χ2v) is 16.7. The van der Waals surface area contributed by atoms with Gasteiger partial charge in [-0.3, -0.25) is 0 Å². The summed E-state index contributed by atoms with van der Waals surface area (Å²) in [6, 6.07) is 71.7. The molecule has 12 rings (SSSR count). The molecule has 1 aliphatic rings. The summed E-state index contributed by atoms with van der Waals surface area (Å²) in [5, 5.41) is 8.21. The molecule has 2 aromatic heterocycles. The summed E-state index contributed by atoms with van der Waals surface area (Å²) in [5.74, 6) is 0.712. The molecule has 9 aromatic carbocycles. The van der Waals surface area contributed by atoms with Crippen molar-refractivity contribution in [1.82, 2.24) is 15.0 Å². The molecule has 0 spiro atoms. The van der Waals surface area contributed by atoms with E-state index in [2.05, 4.69) is 202 Å². The van der Waals surface area contributed by atoms with Crippen LogP contribution >= 0.6 is 0 Å². The molecule has 0 bridgehead atoms. The van der Waals surface area contributed by atoms with Crippen LogP contribution in [0.15, 0.2) is 200 Å². The number of rotatable bonds is 5. The molecule has 3 heteroatoms. The molecule has 0 saturated heterocycles. The first-order valence-electron chi connectivity index (χ1n) is 21.0. The van der Waals surface area contributed by atoms with E-state index < -0.39 is 0 Å². The lowest BCUT2D eigenvalue weighted by molar-refractivity contribution is 0.662. The molecule has 2 heterocycles. The van der Waals surface area contributed by atoms with Gasteiger partial charge < -0.3 is 0 Å². The summed E-state index contributed by atoms with van der Waals surface area (Å²) >= 11 is 0. The maximum absolute atomic E-state index is 5.43. The first-order valence-corrected chi connectivity index (χ1v) is 21.0. The Hall–Kier alpha value is -7.75. The largest absolute Gasteiger partial charge is 0.247 e. The van der Waals surface area contributed by atoms with Gasteiger partial charge in [0.15, 0.2) is 5.82 Å². The van der Waals surface area contributed by atoms with Gasteiger partial charge in [-0.2, -0.15) is 0 Å². The van der Waals surface area contributed by atoms with Crippen molar-refractivity contribution in [2.75, 3.05) is 0 Å². The van der Waals surface area contributed by atoms with Crippen LogP contribution in [0.4, 0.5) is 0 Å². The van der Waals surface area contributed by atoms with Crippen LogP contribution in [0.2, 0.25) is 0 Å². The molecule has 286 valence electrons. The number of benzene rings is 9. The minimum Gasteiger partial charge on any atom is -0.247 e. The number of nitrogens with zero attached hydrogens (tertiary/aromatic N) is 3. The summed E-state index contributed by atoms with van der Waals surface area (Å²) in [6.45, 7) is 4.71. The maximum Gasteiger partial charge on any atom is 0.161 e. The van der Waals surface area contributed by atoms with Crippen molar-refractivity contribution in [2.45, 2.75) is 19.3 Å². The van der Waals surface area contributed by atoms with Crippen molar-refractivity contribution in [3.63, 3.8) is 0 Å².